The van der Waals surface area contributed by atoms with E-state index in [0.29, 0.717) is 17.2 Å². The third kappa shape index (κ3) is 7.68. The number of benzene rings is 2. The second kappa shape index (κ2) is 12.6. The number of nitrogens with one attached hydrogen (secondary N) is 1. The van der Waals surface area contributed by atoms with Crippen molar-refractivity contribution in [2.24, 2.45) is 0 Å². The normalized spacial score (nSPS) is 16.8. The molecule has 0 aromatic heterocycles. The summed E-state index contributed by atoms with van der Waals surface area (Å²) in [5, 5.41) is 3.97. The van der Waals surface area contributed by atoms with E-state index in [1.807, 2.05) is 48.5 Å². The fraction of sp³-hybridized carbons (Fsp3) is 0.500. The molecule has 1 aliphatic carbocycles. The van der Waals surface area contributed by atoms with Crippen LogP contribution in [0, 0.1) is 0 Å². The van der Waals surface area contributed by atoms with Crippen LogP contribution in [0.5, 0.6) is 5.75 Å². The van der Waals surface area contributed by atoms with Crippen LogP contribution in [0.4, 0.5) is 0 Å². The molecular formula is C26H34ClNO2. The van der Waals surface area contributed by atoms with Crippen molar-refractivity contribution in [2.45, 2.75) is 83.3 Å². The fourth-order valence-corrected chi connectivity index (χ4v) is 4.25. The molecular weight excluding hydrogens is 394 g/mol. The first-order valence-electron chi connectivity index (χ1n) is 11.5. The molecule has 0 radical (unpaired) electrons. The van der Waals surface area contributed by atoms with Crippen LogP contribution in [0.1, 0.15) is 86.6 Å². The summed E-state index contributed by atoms with van der Waals surface area (Å²) >= 11 is 6.18. The highest BCUT2D eigenvalue weighted by Gasteiger charge is 2.14. The molecule has 1 amide bonds. The molecule has 1 aliphatic rings. The van der Waals surface area contributed by atoms with Crippen LogP contribution in [0.15, 0.2) is 48.5 Å². The maximum Gasteiger partial charge on any atom is 0.251 e. The number of carbonyl (C=O) groups excluding carboxylic acids is 1. The van der Waals surface area contributed by atoms with Crippen molar-refractivity contribution in [3.8, 4) is 5.75 Å². The average Bonchev–Trinajstić information content (AvgIpc) is 2.75. The van der Waals surface area contributed by atoms with Gasteiger partial charge in [-0.2, -0.15) is 0 Å². The summed E-state index contributed by atoms with van der Waals surface area (Å²) in [7, 11) is 0. The lowest BCUT2D eigenvalue weighted by molar-refractivity contribution is 0.0931. The topological polar surface area (TPSA) is 38.3 Å². The molecule has 4 heteroatoms. The quantitative estimate of drug-likeness (QED) is 0.542. The summed E-state index contributed by atoms with van der Waals surface area (Å²) in [6, 6.07) is 15.3. The lowest BCUT2D eigenvalue weighted by atomic mass is 9.97. The molecule has 2 aromatic carbocycles. The molecule has 0 unspecified atom stereocenters. The van der Waals surface area contributed by atoms with Crippen LogP contribution in [0.2, 0.25) is 5.02 Å². The van der Waals surface area contributed by atoms with E-state index < -0.39 is 0 Å². The number of hydrogen-bond acceptors (Lipinski definition) is 2. The zero-order valence-corrected chi connectivity index (χ0v) is 18.6. The summed E-state index contributed by atoms with van der Waals surface area (Å²) in [6.45, 7) is 0.410. The first-order chi connectivity index (χ1) is 14.7. The van der Waals surface area contributed by atoms with Crippen LogP contribution in [0.3, 0.4) is 0 Å². The minimum absolute atomic E-state index is 0.0183. The van der Waals surface area contributed by atoms with Crippen LogP contribution < -0.4 is 10.1 Å². The second-order valence-electron chi connectivity index (χ2n) is 8.33. The van der Waals surface area contributed by atoms with Crippen molar-refractivity contribution in [3.63, 3.8) is 0 Å². The van der Waals surface area contributed by atoms with Crippen molar-refractivity contribution in [3.05, 3.63) is 64.7 Å². The lowest BCUT2D eigenvalue weighted by Crippen LogP contribution is -2.34. The largest absolute Gasteiger partial charge is 0.489 e. The third-order valence-corrected chi connectivity index (χ3v) is 6.28. The Bertz CT molecular complexity index is 763. The minimum atomic E-state index is 0.0183. The number of rotatable bonds is 5. The van der Waals surface area contributed by atoms with E-state index in [0.717, 1.165) is 24.2 Å². The van der Waals surface area contributed by atoms with Crippen molar-refractivity contribution >= 4 is 17.5 Å². The molecule has 0 bridgehead atoms. The Balaban J connectivity index is 1.50. The Kier molecular flexibility index (Phi) is 9.56. The number of ether oxygens (including phenoxy) is 1. The standard InChI is InChI=1S/C26H34ClNO2/c27-25-15-11-10-12-22(25)20-30-24-18-16-21(17-19-24)26(29)28-23-13-8-6-4-2-1-3-5-7-9-14-23/h10-12,15-19,23H,1-9,13-14,20H2,(H,28,29). The van der Waals surface area contributed by atoms with Gasteiger partial charge in [0.25, 0.3) is 5.91 Å². The molecule has 30 heavy (non-hydrogen) atoms. The van der Waals surface area contributed by atoms with E-state index >= 15 is 0 Å². The molecule has 3 nitrogen and oxygen atoms in total. The van der Waals surface area contributed by atoms with Gasteiger partial charge in [0, 0.05) is 22.2 Å². The van der Waals surface area contributed by atoms with Crippen LogP contribution in [-0.2, 0) is 6.61 Å². The Hall–Kier alpha value is -2.00. The van der Waals surface area contributed by atoms with Crippen LogP contribution >= 0.6 is 11.6 Å². The summed E-state index contributed by atoms with van der Waals surface area (Å²) in [6.07, 6.45) is 13.9. The molecule has 0 spiro atoms. The Morgan fingerprint density at radius 3 is 2.00 bits per heavy atom. The predicted octanol–water partition coefficient (Wildman–Crippen LogP) is 7.32. The van der Waals surface area contributed by atoms with E-state index in [2.05, 4.69) is 5.32 Å². The average molecular weight is 428 g/mol. The number of carbonyl (C=O) groups is 1. The molecule has 1 N–H and O–H groups in total. The highest BCUT2D eigenvalue weighted by molar-refractivity contribution is 6.31. The molecule has 0 saturated heterocycles. The van der Waals surface area contributed by atoms with Gasteiger partial charge >= 0.3 is 0 Å². The molecule has 0 heterocycles. The van der Waals surface area contributed by atoms with Gasteiger partial charge in [0.1, 0.15) is 12.4 Å². The molecule has 2 aromatic rings. The van der Waals surface area contributed by atoms with Gasteiger partial charge in [-0.25, -0.2) is 0 Å². The van der Waals surface area contributed by atoms with Gasteiger partial charge in [-0.15, -0.1) is 0 Å². The van der Waals surface area contributed by atoms with E-state index in [9.17, 15) is 4.79 Å². The van der Waals surface area contributed by atoms with Gasteiger partial charge in [-0.1, -0.05) is 87.6 Å². The summed E-state index contributed by atoms with van der Waals surface area (Å²) in [4.78, 5) is 12.8. The molecule has 0 aliphatic heterocycles. The first-order valence-corrected chi connectivity index (χ1v) is 11.9. The molecule has 1 saturated carbocycles. The zero-order chi connectivity index (χ0) is 21.0. The van der Waals surface area contributed by atoms with Gasteiger partial charge in [-0.05, 0) is 43.2 Å². The zero-order valence-electron chi connectivity index (χ0n) is 17.9. The van der Waals surface area contributed by atoms with Gasteiger partial charge in [0.05, 0.1) is 0 Å². The van der Waals surface area contributed by atoms with Gasteiger partial charge in [0.2, 0.25) is 0 Å². The van der Waals surface area contributed by atoms with E-state index in [4.69, 9.17) is 16.3 Å². The number of halogens is 1. The maximum absolute atomic E-state index is 12.8. The van der Waals surface area contributed by atoms with E-state index in [1.54, 1.807) is 0 Å². The number of hydrogen-bond donors (Lipinski definition) is 1. The van der Waals surface area contributed by atoms with Gasteiger partial charge in [0.15, 0.2) is 0 Å². The molecule has 162 valence electrons. The van der Waals surface area contributed by atoms with Crippen molar-refractivity contribution in [1.82, 2.24) is 5.32 Å². The highest BCUT2D eigenvalue weighted by atomic mass is 35.5. The fourth-order valence-electron chi connectivity index (χ4n) is 4.06. The Morgan fingerprint density at radius 2 is 1.40 bits per heavy atom. The van der Waals surface area contributed by atoms with E-state index in [-0.39, 0.29) is 11.9 Å². The SMILES string of the molecule is O=C(NC1CCCCCCCCCCC1)c1ccc(OCc2ccccc2Cl)cc1. The van der Waals surface area contributed by atoms with Crippen molar-refractivity contribution in [1.29, 1.82) is 0 Å². The van der Waals surface area contributed by atoms with Crippen LogP contribution in [0.25, 0.3) is 0 Å². The Labute approximate surface area is 186 Å². The maximum atomic E-state index is 12.8. The van der Waals surface area contributed by atoms with Crippen LogP contribution in [-0.4, -0.2) is 11.9 Å². The smallest absolute Gasteiger partial charge is 0.251 e. The Morgan fingerprint density at radius 1 is 0.833 bits per heavy atom. The predicted molar refractivity (Wildman–Crippen MR) is 124 cm³/mol. The van der Waals surface area contributed by atoms with Gasteiger partial charge < -0.3 is 10.1 Å². The highest BCUT2D eigenvalue weighted by Crippen LogP contribution is 2.20. The minimum Gasteiger partial charge on any atom is -0.489 e. The van der Waals surface area contributed by atoms with E-state index in [1.165, 1.54) is 57.8 Å². The van der Waals surface area contributed by atoms with Crippen molar-refractivity contribution in [2.75, 3.05) is 0 Å². The molecule has 0 atom stereocenters. The first kappa shape index (κ1) is 22.7. The summed E-state index contributed by atoms with van der Waals surface area (Å²) in [5.74, 6) is 0.752. The second-order valence-corrected chi connectivity index (χ2v) is 8.74. The monoisotopic (exact) mass is 427 g/mol. The van der Waals surface area contributed by atoms with Crippen molar-refractivity contribution < 1.29 is 9.53 Å². The summed E-state index contributed by atoms with van der Waals surface area (Å²) < 4.78 is 5.82. The molecule has 3 rings (SSSR count). The third-order valence-electron chi connectivity index (χ3n) is 5.91. The molecule has 1 fully saturated rings. The van der Waals surface area contributed by atoms with Gasteiger partial charge in [-0.3, -0.25) is 4.79 Å². The lowest BCUT2D eigenvalue weighted by Gasteiger charge is -2.20. The number of amides is 1. The summed E-state index contributed by atoms with van der Waals surface area (Å²) in [5.41, 5.74) is 1.63.